The zero-order valence-corrected chi connectivity index (χ0v) is 20.6. The van der Waals surface area contributed by atoms with Gasteiger partial charge >= 0.3 is 0 Å². The molecule has 1 fully saturated rings. The second-order valence-corrected chi connectivity index (χ2v) is 9.04. The molecule has 3 heterocycles. The van der Waals surface area contributed by atoms with E-state index in [1.54, 1.807) is 30.6 Å². The van der Waals surface area contributed by atoms with Crippen molar-refractivity contribution < 1.29 is 14.0 Å². The molecule has 7 nitrogen and oxygen atoms in total. The highest BCUT2D eigenvalue weighted by Crippen LogP contribution is 2.34. The summed E-state index contributed by atoms with van der Waals surface area (Å²) in [5.74, 6) is -0.865. The molecule has 2 aliphatic rings. The topological polar surface area (TPSA) is 75.9 Å². The smallest absolute Gasteiger partial charge is 0.190 e. The van der Waals surface area contributed by atoms with Crippen LogP contribution in [-0.4, -0.2) is 60.1 Å². The van der Waals surface area contributed by atoms with Crippen molar-refractivity contribution in [2.45, 2.75) is 25.2 Å². The molecule has 0 saturated carbocycles. The molecule has 1 aromatic carbocycles. The summed E-state index contributed by atoms with van der Waals surface area (Å²) < 4.78 is 19.5. The molecular formula is C24H28Cl2FN5O2. The number of nitrogens with zero attached hydrogens (tertiary/aromatic N) is 3. The van der Waals surface area contributed by atoms with Crippen molar-refractivity contribution in [3.63, 3.8) is 0 Å². The molecule has 0 radical (unpaired) electrons. The molecule has 2 aliphatic heterocycles. The normalized spacial score (nSPS) is 23.2. The Morgan fingerprint density at radius 3 is 2.91 bits per heavy atom. The SMILES string of the molecule is COc1ccncc1C1=CN(OCCc2c(Cl)ccc(F)c2Cl)[C@](N)(N2CCNC[C@@H]2C)C=C1. The van der Waals surface area contributed by atoms with Crippen LogP contribution in [0.1, 0.15) is 18.1 Å². The number of nitrogens with two attached hydrogens (primary N) is 1. The third kappa shape index (κ3) is 4.93. The highest BCUT2D eigenvalue weighted by Gasteiger charge is 2.42. The van der Waals surface area contributed by atoms with Crippen LogP contribution in [0.5, 0.6) is 5.75 Å². The van der Waals surface area contributed by atoms with Crippen LogP contribution in [0.3, 0.4) is 0 Å². The largest absolute Gasteiger partial charge is 0.496 e. The van der Waals surface area contributed by atoms with Gasteiger partial charge in [-0.25, -0.2) is 9.45 Å². The minimum absolute atomic E-state index is 0.000654. The molecule has 10 heteroatoms. The summed E-state index contributed by atoms with van der Waals surface area (Å²) in [6.45, 7) is 4.66. The minimum atomic E-state index is -1.03. The van der Waals surface area contributed by atoms with Gasteiger partial charge in [-0.05, 0) is 36.8 Å². The van der Waals surface area contributed by atoms with E-state index in [1.807, 2.05) is 18.4 Å². The third-order valence-electron chi connectivity index (χ3n) is 6.11. The number of benzene rings is 1. The van der Waals surface area contributed by atoms with Gasteiger partial charge in [0.05, 0.1) is 18.7 Å². The number of hydrogen-bond acceptors (Lipinski definition) is 7. The average molecular weight is 508 g/mol. The summed E-state index contributed by atoms with van der Waals surface area (Å²) in [4.78, 5) is 12.6. The molecule has 2 aromatic rings. The first-order valence-electron chi connectivity index (χ1n) is 11.1. The summed E-state index contributed by atoms with van der Waals surface area (Å²) in [6, 6.07) is 4.71. The monoisotopic (exact) mass is 507 g/mol. The standard InChI is InChI=1S/C24H28Cl2FN5O2/c1-16-13-30-10-11-31(16)24(28)8-5-17(19-14-29-9-6-22(19)33-2)15-32(24)34-12-7-18-20(25)3-4-21(27)23(18)26/h3-6,8-9,14-16,30H,7,10-13,28H2,1-2H3/t16-,24+/m0/s1. The maximum atomic E-state index is 13.9. The number of allylic oxidation sites excluding steroid dienone is 2. The first-order chi connectivity index (χ1) is 16.3. The Labute approximate surface area is 208 Å². The Balaban J connectivity index is 1.63. The number of hydroxylamine groups is 2. The third-order valence-corrected chi connectivity index (χ3v) is 6.88. The van der Waals surface area contributed by atoms with Gasteiger partial charge in [0.25, 0.3) is 0 Å². The van der Waals surface area contributed by atoms with Crippen molar-refractivity contribution in [2.75, 3.05) is 33.4 Å². The molecular weight excluding hydrogens is 480 g/mol. The van der Waals surface area contributed by atoms with Crippen molar-refractivity contribution in [1.29, 1.82) is 0 Å². The van der Waals surface area contributed by atoms with Crippen LogP contribution in [0.2, 0.25) is 10.0 Å². The lowest BCUT2D eigenvalue weighted by atomic mass is 10.0. The van der Waals surface area contributed by atoms with Crippen molar-refractivity contribution in [3.8, 4) is 5.75 Å². The Bertz CT molecular complexity index is 1100. The molecule has 0 amide bonds. The van der Waals surface area contributed by atoms with Crippen LogP contribution < -0.4 is 15.8 Å². The van der Waals surface area contributed by atoms with Gasteiger partial charge < -0.3 is 10.1 Å². The van der Waals surface area contributed by atoms with Crippen molar-refractivity contribution in [2.24, 2.45) is 5.73 Å². The number of methoxy groups -OCH3 is 1. The van der Waals surface area contributed by atoms with Gasteiger partial charge in [-0.2, -0.15) is 0 Å². The van der Waals surface area contributed by atoms with Gasteiger partial charge in [-0.3, -0.25) is 20.5 Å². The number of pyridine rings is 1. The van der Waals surface area contributed by atoms with Crippen LogP contribution in [0, 0.1) is 5.82 Å². The number of nitrogens with one attached hydrogen (secondary N) is 1. The van der Waals surface area contributed by atoms with Crippen LogP contribution in [-0.2, 0) is 11.3 Å². The number of hydrogen-bond donors (Lipinski definition) is 2. The van der Waals surface area contributed by atoms with Crippen LogP contribution in [0.4, 0.5) is 4.39 Å². The minimum Gasteiger partial charge on any atom is -0.496 e. The summed E-state index contributed by atoms with van der Waals surface area (Å²) >= 11 is 12.4. The van der Waals surface area contributed by atoms with Crippen LogP contribution >= 0.6 is 23.2 Å². The average Bonchev–Trinajstić information content (AvgIpc) is 2.85. The van der Waals surface area contributed by atoms with Crippen LogP contribution in [0.25, 0.3) is 5.57 Å². The number of halogens is 3. The lowest BCUT2D eigenvalue weighted by molar-refractivity contribution is -0.223. The Hall–Kier alpha value is -2.20. The van der Waals surface area contributed by atoms with Crippen molar-refractivity contribution >= 4 is 28.8 Å². The molecule has 1 aromatic heterocycles. The number of rotatable bonds is 7. The predicted molar refractivity (Wildman–Crippen MR) is 132 cm³/mol. The van der Waals surface area contributed by atoms with E-state index in [0.717, 1.165) is 30.8 Å². The van der Waals surface area contributed by atoms with Gasteiger partial charge in [0.15, 0.2) is 5.79 Å². The van der Waals surface area contributed by atoms with E-state index < -0.39 is 11.6 Å². The maximum Gasteiger partial charge on any atom is 0.190 e. The molecule has 4 rings (SSSR count). The quantitative estimate of drug-likeness (QED) is 0.551. The lowest BCUT2D eigenvalue weighted by Gasteiger charge is -2.50. The van der Waals surface area contributed by atoms with E-state index in [2.05, 4.69) is 22.1 Å². The number of piperazine rings is 1. The molecule has 0 bridgehead atoms. The van der Waals surface area contributed by atoms with E-state index in [9.17, 15) is 4.39 Å². The molecule has 34 heavy (non-hydrogen) atoms. The molecule has 0 unspecified atom stereocenters. The lowest BCUT2D eigenvalue weighted by Crippen LogP contribution is -2.70. The van der Waals surface area contributed by atoms with E-state index in [0.29, 0.717) is 22.8 Å². The maximum absolute atomic E-state index is 13.9. The van der Waals surface area contributed by atoms with Crippen molar-refractivity contribution in [3.05, 3.63) is 75.9 Å². The van der Waals surface area contributed by atoms with Gasteiger partial charge in [-0.15, -0.1) is 0 Å². The molecule has 2 atom stereocenters. The highest BCUT2D eigenvalue weighted by atomic mass is 35.5. The van der Waals surface area contributed by atoms with Crippen LogP contribution in [0.15, 0.2) is 48.9 Å². The van der Waals surface area contributed by atoms with E-state index in [1.165, 1.54) is 12.1 Å². The molecule has 0 spiro atoms. The zero-order valence-electron chi connectivity index (χ0n) is 19.1. The second kappa shape index (κ2) is 10.6. The fraction of sp³-hybridized carbons (Fsp3) is 0.375. The first-order valence-corrected chi connectivity index (χ1v) is 11.8. The van der Waals surface area contributed by atoms with Gasteiger partial charge in [0, 0.05) is 66.8 Å². The first kappa shape index (κ1) is 24.9. The number of ether oxygens (including phenoxy) is 1. The zero-order chi connectivity index (χ0) is 24.3. The van der Waals surface area contributed by atoms with Crippen molar-refractivity contribution in [1.82, 2.24) is 20.3 Å². The molecule has 3 N–H and O–H groups in total. The van der Waals surface area contributed by atoms with Gasteiger partial charge in [-0.1, -0.05) is 29.3 Å². The Kier molecular flexibility index (Phi) is 7.77. The number of aromatic nitrogens is 1. The second-order valence-electron chi connectivity index (χ2n) is 8.25. The Morgan fingerprint density at radius 2 is 2.15 bits per heavy atom. The predicted octanol–water partition coefficient (Wildman–Crippen LogP) is 3.83. The fourth-order valence-corrected chi connectivity index (χ4v) is 4.83. The molecule has 1 saturated heterocycles. The summed E-state index contributed by atoms with van der Waals surface area (Å²) in [5.41, 5.74) is 9.08. The van der Waals surface area contributed by atoms with E-state index in [-0.39, 0.29) is 17.7 Å². The summed E-state index contributed by atoms with van der Waals surface area (Å²) in [5, 5.41) is 5.41. The molecule has 0 aliphatic carbocycles. The van der Waals surface area contributed by atoms with Gasteiger partial charge in [0.1, 0.15) is 11.6 Å². The van der Waals surface area contributed by atoms with E-state index in [4.69, 9.17) is 38.5 Å². The molecule has 182 valence electrons. The van der Waals surface area contributed by atoms with Gasteiger partial charge in [0.2, 0.25) is 0 Å². The summed E-state index contributed by atoms with van der Waals surface area (Å²) in [7, 11) is 1.61. The fourth-order valence-electron chi connectivity index (χ4n) is 4.27. The Morgan fingerprint density at radius 1 is 1.32 bits per heavy atom. The summed E-state index contributed by atoms with van der Waals surface area (Å²) in [6.07, 6.45) is 9.42. The highest BCUT2D eigenvalue weighted by molar-refractivity contribution is 6.36. The van der Waals surface area contributed by atoms with E-state index >= 15 is 0 Å².